The summed E-state index contributed by atoms with van der Waals surface area (Å²) in [6.07, 6.45) is 1.49. The number of benzene rings is 1. The highest BCUT2D eigenvalue weighted by Gasteiger charge is 2.12. The van der Waals surface area contributed by atoms with Gasteiger partial charge in [-0.15, -0.1) is 0 Å². The summed E-state index contributed by atoms with van der Waals surface area (Å²) in [5.41, 5.74) is 0.756. The second kappa shape index (κ2) is 5.87. The van der Waals surface area contributed by atoms with Crippen LogP contribution in [0.4, 0.5) is 5.69 Å². The summed E-state index contributed by atoms with van der Waals surface area (Å²) in [6.45, 7) is 0. The molecule has 2 N–H and O–H groups in total. The fourth-order valence-electron chi connectivity index (χ4n) is 1.46. The summed E-state index contributed by atoms with van der Waals surface area (Å²) in [7, 11) is 1.52. The van der Waals surface area contributed by atoms with Gasteiger partial charge in [-0.2, -0.15) is 0 Å². The minimum atomic E-state index is -0.386. The number of amides is 1. The van der Waals surface area contributed by atoms with E-state index in [0.29, 0.717) is 11.6 Å². The molecule has 1 amide bonds. The summed E-state index contributed by atoms with van der Waals surface area (Å²) >= 11 is 2.08. The van der Waals surface area contributed by atoms with Crippen molar-refractivity contribution in [1.82, 2.24) is 4.98 Å². The van der Waals surface area contributed by atoms with Crippen molar-refractivity contribution in [2.24, 2.45) is 0 Å². The quantitative estimate of drug-likeness (QED) is 0.815. The van der Waals surface area contributed by atoms with Gasteiger partial charge in [-0.1, -0.05) is 0 Å². The SMILES string of the molecule is COc1ccc(NC(=O)c2cc(I)ccc2O)cn1. The van der Waals surface area contributed by atoms with Crippen LogP contribution in [0.25, 0.3) is 0 Å². The van der Waals surface area contributed by atoms with Gasteiger partial charge in [0.1, 0.15) is 5.75 Å². The van der Waals surface area contributed by atoms with E-state index < -0.39 is 0 Å². The number of phenols is 1. The summed E-state index contributed by atoms with van der Waals surface area (Å²) in [4.78, 5) is 16.0. The first-order valence-electron chi connectivity index (χ1n) is 5.40. The topological polar surface area (TPSA) is 71.5 Å². The van der Waals surface area contributed by atoms with Crippen LogP contribution in [0.15, 0.2) is 36.5 Å². The van der Waals surface area contributed by atoms with Gasteiger partial charge in [0.15, 0.2) is 0 Å². The number of rotatable bonds is 3. The molecule has 1 aromatic carbocycles. The maximum Gasteiger partial charge on any atom is 0.259 e. The number of nitrogens with one attached hydrogen (secondary N) is 1. The first kappa shape index (κ1) is 13.6. The van der Waals surface area contributed by atoms with Crippen molar-refractivity contribution in [3.8, 4) is 11.6 Å². The number of aromatic nitrogens is 1. The van der Waals surface area contributed by atoms with Crippen molar-refractivity contribution >= 4 is 34.2 Å². The molecule has 1 heterocycles. The van der Waals surface area contributed by atoms with Crippen LogP contribution in [-0.2, 0) is 0 Å². The van der Waals surface area contributed by atoms with Gasteiger partial charge in [0, 0.05) is 9.64 Å². The second-order valence-electron chi connectivity index (χ2n) is 3.70. The Balaban J connectivity index is 2.18. The molecular formula is C13H11IN2O3. The molecule has 6 heteroatoms. The number of phenolic OH excluding ortho intramolecular Hbond substituents is 1. The number of pyridine rings is 1. The van der Waals surface area contributed by atoms with Crippen molar-refractivity contribution < 1.29 is 14.6 Å². The molecule has 0 saturated carbocycles. The lowest BCUT2D eigenvalue weighted by atomic mass is 10.2. The number of hydrogen-bond acceptors (Lipinski definition) is 4. The summed E-state index contributed by atoms with van der Waals surface area (Å²) in [5.74, 6) is 0.0254. The smallest absolute Gasteiger partial charge is 0.259 e. The first-order chi connectivity index (χ1) is 9.10. The Kier molecular flexibility index (Phi) is 4.20. The standard InChI is InChI=1S/C13H11IN2O3/c1-19-12-5-3-9(7-15-12)16-13(18)10-6-8(14)2-4-11(10)17/h2-7,17H,1H3,(H,16,18). The van der Waals surface area contributed by atoms with Crippen LogP contribution >= 0.6 is 22.6 Å². The van der Waals surface area contributed by atoms with E-state index in [2.05, 4.69) is 32.9 Å². The van der Waals surface area contributed by atoms with Gasteiger partial charge in [-0.3, -0.25) is 4.79 Å². The Bertz CT molecular complexity index is 599. The predicted molar refractivity (Wildman–Crippen MR) is 79.6 cm³/mol. The molecule has 0 fully saturated rings. The molecule has 0 bridgehead atoms. The number of halogens is 1. The highest BCUT2D eigenvalue weighted by Crippen LogP contribution is 2.21. The van der Waals surface area contributed by atoms with Crippen LogP contribution in [0.1, 0.15) is 10.4 Å². The summed E-state index contributed by atoms with van der Waals surface area (Å²) < 4.78 is 5.80. The normalized spacial score (nSPS) is 10.0. The average Bonchev–Trinajstić information content (AvgIpc) is 2.42. The van der Waals surface area contributed by atoms with E-state index in [1.807, 2.05) is 0 Å². The van der Waals surface area contributed by atoms with Gasteiger partial charge in [-0.05, 0) is 46.9 Å². The number of aromatic hydroxyl groups is 1. The molecule has 0 aliphatic heterocycles. The maximum atomic E-state index is 12.0. The molecular weight excluding hydrogens is 359 g/mol. The van der Waals surface area contributed by atoms with Crippen LogP contribution in [0.3, 0.4) is 0 Å². The largest absolute Gasteiger partial charge is 0.507 e. The molecule has 0 atom stereocenters. The zero-order valence-corrected chi connectivity index (χ0v) is 12.2. The van der Waals surface area contributed by atoms with Gasteiger partial charge >= 0.3 is 0 Å². The van der Waals surface area contributed by atoms with Crippen molar-refractivity contribution in [2.75, 3.05) is 12.4 Å². The molecule has 5 nitrogen and oxygen atoms in total. The van der Waals surface area contributed by atoms with Crippen LogP contribution in [0, 0.1) is 3.57 Å². The molecule has 19 heavy (non-hydrogen) atoms. The van der Waals surface area contributed by atoms with Crippen LogP contribution in [0.2, 0.25) is 0 Å². The molecule has 0 radical (unpaired) electrons. The van der Waals surface area contributed by atoms with E-state index >= 15 is 0 Å². The molecule has 0 aliphatic carbocycles. The minimum Gasteiger partial charge on any atom is -0.507 e. The van der Waals surface area contributed by atoms with E-state index in [1.54, 1.807) is 24.3 Å². The molecule has 2 rings (SSSR count). The lowest BCUT2D eigenvalue weighted by Crippen LogP contribution is -2.12. The van der Waals surface area contributed by atoms with Crippen LogP contribution < -0.4 is 10.1 Å². The van der Waals surface area contributed by atoms with Gasteiger partial charge in [0.05, 0.1) is 24.6 Å². The summed E-state index contributed by atoms with van der Waals surface area (Å²) in [5, 5.41) is 12.3. The molecule has 0 spiro atoms. The van der Waals surface area contributed by atoms with Crippen molar-refractivity contribution in [3.05, 3.63) is 45.7 Å². The van der Waals surface area contributed by atoms with E-state index in [-0.39, 0.29) is 17.2 Å². The van der Waals surface area contributed by atoms with Crippen molar-refractivity contribution in [3.63, 3.8) is 0 Å². The van der Waals surface area contributed by atoms with E-state index in [4.69, 9.17) is 4.74 Å². The Morgan fingerprint density at radius 2 is 2.16 bits per heavy atom. The van der Waals surface area contributed by atoms with Crippen LogP contribution in [0.5, 0.6) is 11.6 Å². The van der Waals surface area contributed by atoms with Crippen molar-refractivity contribution in [1.29, 1.82) is 0 Å². The Morgan fingerprint density at radius 3 is 2.79 bits per heavy atom. The molecule has 1 aromatic heterocycles. The molecule has 2 aromatic rings. The number of nitrogens with zero attached hydrogens (tertiary/aromatic N) is 1. The Labute approximate surface area is 123 Å². The lowest BCUT2D eigenvalue weighted by Gasteiger charge is -2.07. The van der Waals surface area contributed by atoms with Crippen molar-refractivity contribution in [2.45, 2.75) is 0 Å². The Morgan fingerprint density at radius 1 is 1.37 bits per heavy atom. The monoisotopic (exact) mass is 370 g/mol. The second-order valence-corrected chi connectivity index (χ2v) is 4.95. The van der Waals surface area contributed by atoms with Gasteiger partial charge in [0.2, 0.25) is 5.88 Å². The fraction of sp³-hybridized carbons (Fsp3) is 0.0769. The van der Waals surface area contributed by atoms with Gasteiger partial charge in [-0.25, -0.2) is 4.98 Å². The molecule has 0 unspecified atom stereocenters. The Hall–Kier alpha value is -1.83. The number of carbonyl (C=O) groups is 1. The fourth-order valence-corrected chi connectivity index (χ4v) is 1.95. The molecule has 98 valence electrons. The molecule has 0 aliphatic rings. The third kappa shape index (κ3) is 3.34. The molecule has 0 saturated heterocycles. The number of carbonyl (C=O) groups excluding carboxylic acids is 1. The summed E-state index contributed by atoms with van der Waals surface area (Å²) in [6, 6.07) is 8.14. The number of anilines is 1. The first-order valence-corrected chi connectivity index (χ1v) is 6.48. The highest BCUT2D eigenvalue weighted by atomic mass is 127. The zero-order chi connectivity index (χ0) is 13.8. The number of ether oxygens (including phenoxy) is 1. The van der Waals surface area contributed by atoms with Gasteiger partial charge in [0.25, 0.3) is 5.91 Å². The predicted octanol–water partition coefficient (Wildman–Crippen LogP) is 2.65. The van der Waals surface area contributed by atoms with Gasteiger partial charge < -0.3 is 15.2 Å². The lowest BCUT2D eigenvalue weighted by molar-refractivity contribution is 0.102. The third-order valence-electron chi connectivity index (χ3n) is 2.41. The average molecular weight is 370 g/mol. The minimum absolute atomic E-state index is 0.0561. The third-order valence-corrected chi connectivity index (χ3v) is 3.08. The number of methoxy groups -OCH3 is 1. The van der Waals surface area contributed by atoms with Crippen LogP contribution in [-0.4, -0.2) is 23.1 Å². The number of hydrogen-bond donors (Lipinski definition) is 2. The maximum absolute atomic E-state index is 12.0. The van der Waals surface area contributed by atoms with E-state index in [1.165, 1.54) is 19.4 Å². The van der Waals surface area contributed by atoms with E-state index in [0.717, 1.165) is 3.57 Å². The zero-order valence-electron chi connectivity index (χ0n) is 10.1. The van der Waals surface area contributed by atoms with E-state index in [9.17, 15) is 9.90 Å². The highest BCUT2D eigenvalue weighted by molar-refractivity contribution is 14.1.